The van der Waals surface area contributed by atoms with E-state index in [0.717, 1.165) is 23.4 Å². The predicted octanol–water partition coefficient (Wildman–Crippen LogP) is 2.30. The van der Waals surface area contributed by atoms with Crippen molar-refractivity contribution < 1.29 is 33.7 Å². The Labute approximate surface area is 223 Å². The first kappa shape index (κ1) is 27.1. The van der Waals surface area contributed by atoms with Gasteiger partial charge in [-0.2, -0.15) is 0 Å². The van der Waals surface area contributed by atoms with Gasteiger partial charge in [-0.3, -0.25) is 29.6 Å². The van der Waals surface area contributed by atoms with Crippen molar-refractivity contribution in [3.63, 3.8) is 0 Å². The van der Waals surface area contributed by atoms with E-state index in [1.807, 2.05) is 0 Å². The molecule has 1 aromatic heterocycles. The number of nitro groups is 2. The lowest BCUT2D eigenvalue weighted by atomic mass is 10.1. The van der Waals surface area contributed by atoms with Crippen LogP contribution in [0.1, 0.15) is 38.6 Å². The number of non-ortho nitro benzene ring substituents is 2. The molecule has 0 unspecified atom stereocenters. The molecule has 0 spiro atoms. The van der Waals surface area contributed by atoms with Gasteiger partial charge in [-0.05, 0) is 36.3 Å². The number of ether oxygens (including phenoxy) is 2. The van der Waals surface area contributed by atoms with Gasteiger partial charge in [0.1, 0.15) is 10.2 Å². The second-order valence-corrected chi connectivity index (χ2v) is 9.19. The molecule has 2 aromatic carbocycles. The van der Waals surface area contributed by atoms with Gasteiger partial charge >= 0.3 is 11.9 Å². The number of fused-ring (bicyclic) bond motifs is 1. The number of anilines is 1. The molecular formula is C25H20N4O9S. The van der Waals surface area contributed by atoms with E-state index in [4.69, 9.17) is 15.2 Å². The predicted molar refractivity (Wildman–Crippen MR) is 140 cm³/mol. The molecule has 3 aromatic rings. The molecule has 13 nitrogen and oxygen atoms in total. The molecule has 4 rings (SSSR count). The maximum atomic E-state index is 13.9. The van der Waals surface area contributed by atoms with Crippen LogP contribution < -0.4 is 16.3 Å². The lowest BCUT2D eigenvalue weighted by Gasteiger charge is -2.23. The zero-order valence-electron chi connectivity index (χ0n) is 20.5. The maximum Gasteiger partial charge on any atom is 0.357 e. The summed E-state index contributed by atoms with van der Waals surface area (Å²) in [6, 6.07) is 10.6. The number of carbonyl (C=O) groups is 3. The summed E-state index contributed by atoms with van der Waals surface area (Å²) in [5.41, 5.74) is 6.36. The van der Waals surface area contributed by atoms with Crippen LogP contribution in [0, 0.1) is 20.2 Å². The van der Waals surface area contributed by atoms with Crippen LogP contribution in [0.3, 0.4) is 0 Å². The summed E-state index contributed by atoms with van der Waals surface area (Å²) in [5, 5.41) is 21.2. The standard InChI is InChI=1S/C25H20N4O9S/c1-3-38-24(31)20-18(26)17(12-13-4-8-15(9-5-13)28(33)34)19-22(25(32)37-2)39-21(23(30)27(19)20)14-6-10-16(11-7-14)29(35)36/h4-12,21H,3,26H2,1-2H3/b17-12+/t21-/m0/s1. The number of hydrogen-bond donors (Lipinski definition) is 1. The topological polar surface area (TPSA) is 187 Å². The Morgan fingerprint density at radius 1 is 1.03 bits per heavy atom. The number of nitro benzene ring substituents is 2. The maximum absolute atomic E-state index is 13.9. The minimum absolute atomic E-state index is 0.00563. The van der Waals surface area contributed by atoms with E-state index in [1.54, 1.807) is 6.92 Å². The summed E-state index contributed by atoms with van der Waals surface area (Å²) in [4.78, 5) is 60.7. The van der Waals surface area contributed by atoms with Gasteiger partial charge in [0.2, 0.25) is 5.91 Å². The van der Waals surface area contributed by atoms with Gasteiger partial charge in [-0.25, -0.2) is 9.59 Å². The highest BCUT2D eigenvalue weighted by atomic mass is 32.2. The van der Waals surface area contributed by atoms with Gasteiger partial charge in [-0.1, -0.05) is 23.9 Å². The molecule has 0 bridgehead atoms. The van der Waals surface area contributed by atoms with Crippen LogP contribution in [-0.4, -0.2) is 46.0 Å². The largest absolute Gasteiger partial charge is 0.465 e. The summed E-state index contributed by atoms with van der Waals surface area (Å²) in [5.74, 6) is -2.37. The van der Waals surface area contributed by atoms with E-state index < -0.39 is 32.9 Å². The normalized spacial score (nSPS) is 15.0. The number of nitrogens with zero attached hydrogens (tertiary/aromatic N) is 3. The van der Waals surface area contributed by atoms with Crippen molar-refractivity contribution in [2.75, 3.05) is 19.5 Å². The van der Waals surface area contributed by atoms with Crippen LogP contribution >= 0.6 is 11.8 Å². The molecule has 0 saturated carbocycles. The third-order valence-electron chi connectivity index (χ3n) is 5.80. The summed E-state index contributed by atoms with van der Waals surface area (Å²) in [6.07, 6.45) is 1.48. The van der Waals surface area contributed by atoms with Gasteiger partial charge < -0.3 is 15.2 Å². The molecule has 1 aliphatic heterocycles. The number of hydrogen-bond acceptors (Lipinski definition) is 11. The van der Waals surface area contributed by atoms with E-state index in [-0.39, 0.29) is 44.8 Å². The molecule has 0 amide bonds. The number of benzene rings is 2. The van der Waals surface area contributed by atoms with Crippen molar-refractivity contribution >= 4 is 57.7 Å². The molecule has 0 radical (unpaired) electrons. The first-order valence-electron chi connectivity index (χ1n) is 11.3. The fourth-order valence-corrected chi connectivity index (χ4v) is 5.25. The molecule has 0 saturated heterocycles. The molecule has 2 heterocycles. The number of thioether (sulfide) groups is 1. The highest BCUT2D eigenvalue weighted by molar-refractivity contribution is 8.10. The van der Waals surface area contributed by atoms with Crippen molar-refractivity contribution in [1.82, 2.24) is 4.57 Å². The second-order valence-electron chi connectivity index (χ2n) is 8.08. The molecule has 14 heteroatoms. The number of nitrogen functional groups attached to an aromatic ring is 1. The van der Waals surface area contributed by atoms with Gasteiger partial charge in [0.15, 0.2) is 5.69 Å². The lowest BCUT2D eigenvalue weighted by Crippen LogP contribution is -2.42. The summed E-state index contributed by atoms with van der Waals surface area (Å²) < 4.78 is 11.1. The number of rotatable bonds is 7. The second kappa shape index (κ2) is 10.8. The molecule has 1 aliphatic rings. The quantitative estimate of drug-likeness (QED) is 0.257. The average molecular weight is 553 g/mol. The van der Waals surface area contributed by atoms with Crippen LogP contribution in [0.4, 0.5) is 17.1 Å². The monoisotopic (exact) mass is 552 g/mol. The Morgan fingerprint density at radius 3 is 2.10 bits per heavy atom. The smallest absolute Gasteiger partial charge is 0.357 e. The Kier molecular flexibility index (Phi) is 7.49. The fourth-order valence-electron chi connectivity index (χ4n) is 4.02. The van der Waals surface area contributed by atoms with Gasteiger partial charge in [0, 0.05) is 29.5 Å². The van der Waals surface area contributed by atoms with Crippen LogP contribution in [0.5, 0.6) is 0 Å². The van der Waals surface area contributed by atoms with E-state index in [0.29, 0.717) is 11.1 Å². The zero-order chi connectivity index (χ0) is 28.4. The number of methoxy groups -OCH3 is 1. The zero-order valence-corrected chi connectivity index (χ0v) is 21.3. The number of esters is 2. The van der Waals surface area contributed by atoms with Gasteiger partial charge in [0.25, 0.3) is 11.4 Å². The first-order valence-corrected chi connectivity index (χ1v) is 12.2. The molecule has 2 N–H and O–H groups in total. The van der Waals surface area contributed by atoms with Crippen molar-refractivity contribution in [1.29, 1.82) is 0 Å². The minimum atomic E-state index is -1.08. The van der Waals surface area contributed by atoms with Gasteiger partial charge in [0.05, 0.1) is 34.6 Å². The van der Waals surface area contributed by atoms with Crippen LogP contribution in [0.15, 0.2) is 48.5 Å². The van der Waals surface area contributed by atoms with Crippen molar-refractivity contribution in [2.45, 2.75) is 12.2 Å². The molecule has 1 atom stereocenters. The first-order chi connectivity index (χ1) is 18.6. The van der Waals surface area contributed by atoms with Crippen molar-refractivity contribution in [2.24, 2.45) is 0 Å². The molecule has 200 valence electrons. The Bertz CT molecular complexity index is 1640. The molecular weight excluding hydrogens is 532 g/mol. The SMILES string of the molecule is CCOC(=O)c1c(N)/c(=C\c2ccc([N+](=O)[O-])cc2)c2n1C(=O)[C@H](c1ccc([N+](=O)[O-])cc1)SC=2C(=O)OC. The minimum Gasteiger partial charge on any atom is -0.465 e. The van der Waals surface area contributed by atoms with E-state index in [1.165, 1.54) is 54.6 Å². The highest BCUT2D eigenvalue weighted by Crippen LogP contribution is 2.40. The van der Waals surface area contributed by atoms with E-state index >= 15 is 0 Å². The summed E-state index contributed by atoms with van der Waals surface area (Å²) >= 11 is 0.845. The lowest BCUT2D eigenvalue weighted by molar-refractivity contribution is -0.385. The van der Waals surface area contributed by atoms with Crippen LogP contribution in [0.25, 0.3) is 11.0 Å². The summed E-state index contributed by atoms with van der Waals surface area (Å²) in [7, 11) is 1.15. The van der Waals surface area contributed by atoms with Crippen LogP contribution in [-0.2, 0) is 14.3 Å². The van der Waals surface area contributed by atoms with Crippen molar-refractivity contribution in [3.05, 3.63) is 96.1 Å². The Balaban J connectivity index is 2.03. The fraction of sp³-hybridized carbons (Fsp3) is 0.160. The number of aromatic nitrogens is 1. The molecule has 0 fully saturated rings. The van der Waals surface area contributed by atoms with Crippen molar-refractivity contribution in [3.8, 4) is 0 Å². The summed E-state index contributed by atoms with van der Waals surface area (Å²) in [6.45, 7) is 1.55. The Morgan fingerprint density at radius 2 is 1.59 bits per heavy atom. The van der Waals surface area contributed by atoms with Crippen LogP contribution in [0.2, 0.25) is 0 Å². The van der Waals surface area contributed by atoms with E-state index in [9.17, 15) is 34.6 Å². The van der Waals surface area contributed by atoms with E-state index in [2.05, 4.69) is 0 Å². The average Bonchev–Trinajstić information content (AvgIpc) is 3.21. The highest BCUT2D eigenvalue weighted by Gasteiger charge is 2.38. The Hall–Kier alpha value is -4.98. The number of nitrogens with two attached hydrogens (primary N) is 1. The van der Waals surface area contributed by atoms with Gasteiger partial charge in [-0.15, -0.1) is 0 Å². The third kappa shape index (κ3) is 4.96. The third-order valence-corrected chi connectivity index (χ3v) is 7.11. The molecule has 0 aliphatic carbocycles. The number of carbonyl (C=O) groups excluding carboxylic acids is 3. The molecule has 39 heavy (non-hydrogen) atoms.